The number of nitrogens with zero attached hydrogens (tertiary/aromatic N) is 2. The van der Waals surface area contributed by atoms with Crippen LogP contribution in [0.25, 0.3) is 0 Å². The lowest BCUT2D eigenvalue weighted by Gasteiger charge is -2.37. The molecule has 0 bridgehead atoms. The normalized spacial score (nSPS) is 26.0. The van der Waals surface area contributed by atoms with Crippen LogP contribution in [0.5, 0.6) is 0 Å². The van der Waals surface area contributed by atoms with E-state index in [4.69, 9.17) is 5.11 Å². The van der Waals surface area contributed by atoms with Crippen LogP contribution in [0.3, 0.4) is 0 Å². The van der Waals surface area contributed by atoms with Crippen LogP contribution in [0.4, 0.5) is 4.79 Å². The summed E-state index contributed by atoms with van der Waals surface area (Å²) in [7, 11) is -3.13. The summed E-state index contributed by atoms with van der Waals surface area (Å²) in [5, 5.41) is 11.5. The number of carboxylic acid groups (broad SMARTS) is 1. The van der Waals surface area contributed by atoms with Gasteiger partial charge >= 0.3 is 12.0 Å². The van der Waals surface area contributed by atoms with E-state index in [0.717, 1.165) is 4.90 Å². The molecule has 1 atom stereocenters. The molecule has 0 aliphatic carbocycles. The van der Waals surface area contributed by atoms with Crippen molar-refractivity contribution in [2.24, 2.45) is 0 Å². The van der Waals surface area contributed by atoms with Gasteiger partial charge in [-0.25, -0.2) is 18.0 Å². The van der Waals surface area contributed by atoms with Gasteiger partial charge in [-0.3, -0.25) is 9.69 Å². The Morgan fingerprint density at radius 1 is 1.25 bits per heavy atom. The van der Waals surface area contributed by atoms with Crippen molar-refractivity contribution in [1.82, 2.24) is 15.1 Å². The van der Waals surface area contributed by atoms with Gasteiger partial charge in [0.1, 0.15) is 12.6 Å². The van der Waals surface area contributed by atoms with Crippen LogP contribution in [0, 0.1) is 0 Å². The minimum Gasteiger partial charge on any atom is -0.480 e. The Bertz CT molecular complexity index is 531. The molecule has 0 aromatic rings. The molecule has 10 heteroatoms. The number of hydrogen-bond acceptors (Lipinski definition) is 5. The summed E-state index contributed by atoms with van der Waals surface area (Å²) in [4.78, 5) is 36.9. The number of hydrogen-bond donors (Lipinski definition) is 2. The van der Waals surface area contributed by atoms with E-state index >= 15 is 0 Å². The number of carbonyl (C=O) groups excluding carboxylic acids is 2. The Morgan fingerprint density at radius 2 is 1.85 bits per heavy atom. The molecule has 0 aromatic heterocycles. The first-order valence-corrected chi connectivity index (χ1v) is 7.88. The summed E-state index contributed by atoms with van der Waals surface area (Å²) in [6.45, 7) is -0.442. The average molecular weight is 305 g/mol. The third-order valence-electron chi connectivity index (χ3n) is 3.33. The Morgan fingerprint density at radius 3 is 2.40 bits per heavy atom. The van der Waals surface area contributed by atoms with E-state index < -0.39 is 33.8 Å². The minimum absolute atomic E-state index is 0.0195. The molecule has 0 aromatic carbocycles. The Hall–Kier alpha value is -1.84. The maximum absolute atomic E-state index is 12.2. The molecule has 2 rings (SSSR count). The number of nitrogens with one attached hydrogen (secondary N) is 1. The maximum atomic E-state index is 12.2. The third-order valence-corrected chi connectivity index (χ3v) is 4.94. The number of sulfone groups is 1. The van der Waals surface area contributed by atoms with Gasteiger partial charge in [0.05, 0.1) is 11.5 Å². The summed E-state index contributed by atoms with van der Waals surface area (Å²) < 4.78 is 22.6. The van der Waals surface area contributed by atoms with Crippen LogP contribution >= 0.6 is 0 Å². The third kappa shape index (κ3) is 3.00. The second kappa shape index (κ2) is 5.27. The fourth-order valence-corrected chi connectivity index (χ4v) is 3.35. The van der Waals surface area contributed by atoms with Crippen molar-refractivity contribution in [3.05, 3.63) is 0 Å². The van der Waals surface area contributed by atoms with Crippen LogP contribution in [0.15, 0.2) is 0 Å². The molecule has 0 radical (unpaired) electrons. The molecule has 2 fully saturated rings. The van der Waals surface area contributed by atoms with E-state index in [-0.39, 0.29) is 37.7 Å². The zero-order valence-electron chi connectivity index (χ0n) is 10.6. The quantitative estimate of drug-likeness (QED) is 0.562. The molecule has 2 N–H and O–H groups in total. The molecule has 20 heavy (non-hydrogen) atoms. The predicted molar refractivity (Wildman–Crippen MR) is 66.8 cm³/mol. The topological polar surface area (TPSA) is 124 Å². The fourth-order valence-electron chi connectivity index (χ4n) is 2.15. The monoisotopic (exact) mass is 305 g/mol. The summed E-state index contributed by atoms with van der Waals surface area (Å²) >= 11 is 0. The van der Waals surface area contributed by atoms with Crippen molar-refractivity contribution < 1.29 is 27.9 Å². The van der Waals surface area contributed by atoms with E-state index in [1.54, 1.807) is 0 Å². The zero-order valence-corrected chi connectivity index (χ0v) is 11.4. The summed E-state index contributed by atoms with van der Waals surface area (Å²) in [5.74, 6) is -1.92. The molecule has 112 valence electrons. The van der Waals surface area contributed by atoms with Crippen molar-refractivity contribution in [2.75, 3.05) is 37.7 Å². The van der Waals surface area contributed by atoms with Gasteiger partial charge in [0.15, 0.2) is 9.84 Å². The molecular weight excluding hydrogens is 290 g/mol. The first-order chi connectivity index (χ1) is 9.30. The lowest BCUT2D eigenvalue weighted by molar-refractivity contribution is -0.144. The van der Waals surface area contributed by atoms with E-state index in [0.29, 0.717) is 0 Å². The van der Waals surface area contributed by atoms with Gasteiger partial charge in [-0.05, 0) is 0 Å². The van der Waals surface area contributed by atoms with Gasteiger partial charge in [0.25, 0.3) is 0 Å². The minimum atomic E-state index is -3.13. The second-order valence-corrected chi connectivity index (χ2v) is 7.01. The zero-order chi connectivity index (χ0) is 14.9. The highest BCUT2D eigenvalue weighted by Crippen LogP contribution is 2.12. The molecular formula is C10H15N3O6S. The molecule has 2 heterocycles. The number of urea groups is 1. The number of rotatable bonds is 1. The number of carbonyl (C=O) groups is 3. The van der Waals surface area contributed by atoms with Gasteiger partial charge < -0.3 is 15.3 Å². The summed E-state index contributed by atoms with van der Waals surface area (Å²) in [6, 6.07) is -1.74. The van der Waals surface area contributed by atoms with Gasteiger partial charge in [-0.2, -0.15) is 0 Å². The lowest BCUT2D eigenvalue weighted by Crippen LogP contribution is -2.62. The average Bonchev–Trinajstić information content (AvgIpc) is 2.37. The second-order valence-electron chi connectivity index (χ2n) is 4.71. The number of aliphatic carboxylic acids is 1. The molecule has 2 saturated heterocycles. The smallest absolute Gasteiger partial charge is 0.328 e. The van der Waals surface area contributed by atoms with Crippen LogP contribution in [-0.4, -0.2) is 85.0 Å². The van der Waals surface area contributed by atoms with Crippen LogP contribution in [0.1, 0.15) is 0 Å². The fraction of sp³-hybridized carbons (Fsp3) is 0.700. The van der Waals surface area contributed by atoms with Crippen molar-refractivity contribution in [3.8, 4) is 0 Å². The molecule has 0 saturated carbocycles. The largest absolute Gasteiger partial charge is 0.480 e. The van der Waals surface area contributed by atoms with Gasteiger partial charge in [-0.1, -0.05) is 0 Å². The number of piperazine rings is 1. The highest BCUT2D eigenvalue weighted by atomic mass is 32.2. The molecule has 9 nitrogen and oxygen atoms in total. The SMILES string of the molecule is O=C1CN(C(=O)N2CCS(=O)(=O)CC2)C(C(=O)O)CN1. The van der Waals surface area contributed by atoms with Crippen LogP contribution in [0.2, 0.25) is 0 Å². The highest BCUT2D eigenvalue weighted by Gasteiger charge is 2.38. The van der Waals surface area contributed by atoms with E-state index in [2.05, 4.69) is 5.32 Å². The van der Waals surface area contributed by atoms with E-state index in [1.165, 1.54) is 4.90 Å². The van der Waals surface area contributed by atoms with Crippen molar-refractivity contribution in [1.29, 1.82) is 0 Å². The highest BCUT2D eigenvalue weighted by molar-refractivity contribution is 7.91. The molecule has 3 amide bonds. The standard InChI is InChI=1S/C10H15N3O6S/c14-8-6-13(7(5-11-8)9(15)16)10(17)12-1-3-20(18,19)4-2-12/h7H,1-6H2,(H,11,14)(H,15,16). The van der Waals surface area contributed by atoms with Crippen molar-refractivity contribution in [2.45, 2.75) is 6.04 Å². The van der Waals surface area contributed by atoms with Gasteiger partial charge in [-0.15, -0.1) is 0 Å². The first-order valence-electron chi connectivity index (χ1n) is 6.05. The molecule has 1 unspecified atom stereocenters. The van der Waals surface area contributed by atoms with Crippen LogP contribution < -0.4 is 5.32 Å². The Labute approximate surface area is 115 Å². The van der Waals surface area contributed by atoms with E-state index in [9.17, 15) is 22.8 Å². The Kier molecular flexibility index (Phi) is 3.84. The van der Waals surface area contributed by atoms with Gasteiger partial charge in [0.2, 0.25) is 5.91 Å². The molecule has 2 aliphatic rings. The molecule has 0 spiro atoms. The maximum Gasteiger partial charge on any atom is 0.328 e. The first kappa shape index (κ1) is 14.6. The summed E-state index contributed by atoms with van der Waals surface area (Å²) in [5.41, 5.74) is 0. The summed E-state index contributed by atoms with van der Waals surface area (Å²) in [6.07, 6.45) is 0. The number of amides is 3. The Balaban J connectivity index is 2.09. The predicted octanol–water partition coefficient (Wildman–Crippen LogP) is -2.28. The number of carboxylic acids is 1. The van der Waals surface area contributed by atoms with E-state index in [1.807, 2.05) is 0 Å². The van der Waals surface area contributed by atoms with Crippen LogP contribution in [-0.2, 0) is 19.4 Å². The molecule has 2 aliphatic heterocycles. The van der Waals surface area contributed by atoms with Crippen molar-refractivity contribution >= 4 is 27.7 Å². The van der Waals surface area contributed by atoms with Crippen molar-refractivity contribution in [3.63, 3.8) is 0 Å². The lowest BCUT2D eigenvalue weighted by atomic mass is 10.2. The van der Waals surface area contributed by atoms with Gasteiger partial charge in [0, 0.05) is 19.6 Å².